The highest BCUT2D eigenvalue weighted by molar-refractivity contribution is 6.07. The van der Waals surface area contributed by atoms with Crippen LogP contribution in [0.3, 0.4) is 0 Å². The van der Waals surface area contributed by atoms with Crippen LogP contribution in [0.2, 0.25) is 0 Å². The van der Waals surface area contributed by atoms with Crippen molar-refractivity contribution in [2.24, 2.45) is 0 Å². The number of aliphatic hydroxyl groups excluding tert-OH is 1. The molecule has 0 saturated carbocycles. The summed E-state index contributed by atoms with van der Waals surface area (Å²) in [5.41, 5.74) is -0.611. The Balaban J connectivity index is 2.47. The summed E-state index contributed by atoms with van der Waals surface area (Å²) in [4.78, 5) is 33.5. The van der Waals surface area contributed by atoms with Crippen LogP contribution in [0, 0.1) is 10.1 Å². The van der Waals surface area contributed by atoms with Crippen molar-refractivity contribution in [2.45, 2.75) is 6.10 Å². The number of nitro benzene ring substituents is 1. The average Bonchev–Trinajstić information content (AvgIpc) is 2.53. The van der Waals surface area contributed by atoms with Gasteiger partial charge in [0.15, 0.2) is 12.1 Å². The molecule has 0 heterocycles. The number of carbonyl (C=O) groups is 2. The second-order valence-corrected chi connectivity index (χ2v) is 4.29. The van der Waals surface area contributed by atoms with E-state index in [1.807, 2.05) is 0 Å². The number of nitrogens with zero attached hydrogens (tertiary/aromatic N) is 1. The van der Waals surface area contributed by atoms with Crippen molar-refractivity contribution in [1.82, 2.24) is 0 Å². The van der Waals surface area contributed by atoms with E-state index in [-0.39, 0.29) is 17.4 Å². The Morgan fingerprint density at radius 3 is 2.38 bits per heavy atom. The van der Waals surface area contributed by atoms with E-state index in [4.69, 9.17) is 0 Å². The van der Waals surface area contributed by atoms with E-state index in [9.17, 15) is 24.8 Å². The highest BCUT2D eigenvalue weighted by atomic mass is 16.6. The lowest BCUT2D eigenvalue weighted by Crippen LogP contribution is -2.15. The van der Waals surface area contributed by atoms with E-state index >= 15 is 0 Å². The molecule has 0 bridgehead atoms. The first-order valence-electron chi connectivity index (χ1n) is 6.06. The predicted octanol–water partition coefficient (Wildman–Crippen LogP) is 2.32. The van der Waals surface area contributed by atoms with Crippen LogP contribution in [0.4, 0.5) is 5.69 Å². The van der Waals surface area contributed by atoms with Crippen LogP contribution in [0.5, 0.6) is 0 Å². The number of Topliss-reactive ketones (excluding diaryl/α,β-unsaturated/α-hetero) is 1. The molecule has 1 atom stereocenters. The largest absolute Gasteiger partial charge is 0.380 e. The van der Waals surface area contributed by atoms with Gasteiger partial charge in [-0.05, 0) is 5.56 Å². The summed E-state index contributed by atoms with van der Waals surface area (Å²) < 4.78 is 0. The quantitative estimate of drug-likeness (QED) is 0.393. The van der Waals surface area contributed by atoms with Gasteiger partial charge in [-0.3, -0.25) is 19.7 Å². The number of hydrogen-bond acceptors (Lipinski definition) is 5. The Labute approximate surface area is 119 Å². The third-order valence-corrected chi connectivity index (χ3v) is 3.03. The number of hydrogen-bond donors (Lipinski definition) is 1. The molecule has 2 rings (SSSR count). The van der Waals surface area contributed by atoms with Gasteiger partial charge in [0.1, 0.15) is 11.7 Å². The fraction of sp³-hybridized carbons (Fsp3) is 0.0667. The van der Waals surface area contributed by atoms with Crippen LogP contribution in [0.1, 0.15) is 32.4 Å². The van der Waals surface area contributed by atoms with Gasteiger partial charge in [-0.2, -0.15) is 0 Å². The minimum absolute atomic E-state index is 0.171. The molecular weight excluding hydrogens is 274 g/mol. The summed E-state index contributed by atoms with van der Waals surface area (Å²) in [6, 6.07) is 11.9. The zero-order valence-electron chi connectivity index (χ0n) is 10.8. The first-order chi connectivity index (χ1) is 10.1. The third kappa shape index (κ3) is 2.85. The van der Waals surface area contributed by atoms with Gasteiger partial charge in [0.2, 0.25) is 0 Å². The lowest BCUT2D eigenvalue weighted by Gasteiger charge is -2.11. The van der Waals surface area contributed by atoms with Crippen LogP contribution >= 0.6 is 0 Å². The second kappa shape index (κ2) is 6.06. The highest BCUT2D eigenvalue weighted by Gasteiger charge is 2.26. The Hall–Kier alpha value is -2.86. The molecule has 0 aromatic heterocycles. The van der Waals surface area contributed by atoms with Crippen molar-refractivity contribution in [3.63, 3.8) is 0 Å². The van der Waals surface area contributed by atoms with Gasteiger partial charge < -0.3 is 5.11 Å². The normalized spacial score (nSPS) is 11.7. The average molecular weight is 285 g/mol. The van der Waals surface area contributed by atoms with Crippen LogP contribution in [-0.2, 0) is 0 Å². The molecule has 1 N–H and O–H groups in total. The van der Waals surface area contributed by atoms with Crippen LogP contribution in [0.25, 0.3) is 0 Å². The number of benzene rings is 2. The molecule has 0 spiro atoms. The van der Waals surface area contributed by atoms with Gasteiger partial charge in [-0.25, -0.2) is 0 Å². The summed E-state index contributed by atoms with van der Waals surface area (Å²) >= 11 is 0. The summed E-state index contributed by atoms with van der Waals surface area (Å²) in [5, 5.41) is 20.9. The van der Waals surface area contributed by atoms with Crippen molar-refractivity contribution < 1.29 is 19.6 Å². The smallest absolute Gasteiger partial charge is 0.280 e. The van der Waals surface area contributed by atoms with Crippen LogP contribution < -0.4 is 0 Å². The molecule has 0 aliphatic carbocycles. The number of nitro groups is 1. The molecule has 1 unspecified atom stereocenters. The Bertz CT molecular complexity index is 696. The zero-order valence-corrected chi connectivity index (χ0v) is 10.8. The molecule has 0 radical (unpaired) electrons. The minimum Gasteiger partial charge on any atom is -0.380 e. The van der Waals surface area contributed by atoms with E-state index in [1.165, 1.54) is 12.1 Å². The van der Waals surface area contributed by atoms with Gasteiger partial charge >= 0.3 is 0 Å². The monoisotopic (exact) mass is 285 g/mol. The summed E-state index contributed by atoms with van der Waals surface area (Å²) in [5.74, 6) is -0.757. The first-order valence-corrected chi connectivity index (χ1v) is 6.06. The molecule has 6 nitrogen and oxygen atoms in total. The molecule has 0 amide bonds. The van der Waals surface area contributed by atoms with Crippen LogP contribution in [-0.4, -0.2) is 22.1 Å². The van der Waals surface area contributed by atoms with Crippen molar-refractivity contribution in [2.75, 3.05) is 0 Å². The van der Waals surface area contributed by atoms with E-state index in [2.05, 4.69) is 0 Å². The van der Waals surface area contributed by atoms with Gasteiger partial charge in [-0.1, -0.05) is 42.5 Å². The zero-order chi connectivity index (χ0) is 15.4. The van der Waals surface area contributed by atoms with Crippen molar-refractivity contribution in [1.29, 1.82) is 0 Å². The predicted molar refractivity (Wildman–Crippen MR) is 74.2 cm³/mol. The highest BCUT2D eigenvalue weighted by Crippen LogP contribution is 2.25. The van der Waals surface area contributed by atoms with Crippen LogP contribution in [0.15, 0.2) is 48.5 Å². The molecule has 21 heavy (non-hydrogen) atoms. The van der Waals surface area contributed by atoms with Crippen molar-refractivity contribution in [3.8, 4) is 0 Å². The first kappa shape index (κ1) is 14.5. The third-order valence-electron chi connectivity index (χ3n) is 3.03. The Morgan fingerprint density at radius 1 is 1.14 bits per heavy atom. The molecule has 0 fully saturated rings. The molecule has 6 heteroatoms. The summed E-state index contributed by atoms with van der Waals surface area (Å²) in [6.45, 7) is 0. The summed E-state index contributed by atoms with van der Waals surface area (Å²) in [6.07, 6.45) is -1.23. The standard InChI is InChI=1S/C15H11NO5/c17-9-12-11(7-4-8-13(12)16(20)21)15(19)14(18)10-5-2-1-3-6-10/h1-9,14,18H. The number of ketones is 1. The Kier molecular flexibility index (Phi) is 4.20. The number of carbonyl (C=O) groups excluding carboxylic acids is 2. The van der Waals surface area contributed by atoms with Gasteiger partial charge in [0.25, 0.3) is 5.69 Å². The molecule has 0 saturated heterocycles. The van der Waals surface area contributed by atoms with Gasteiger partial charge in [0, 0.05) is 11.6 Å². The lowest BCUT2D eigenvalue weighted by atomic mass is 9.96. The second-order valence-electron chi connectivity index (χ2n) is 4.29. The number of aliphatic hydroxyl groups is 1. The Morgan fingerprint density at radius 2 is 1.81 bits per heavy atom. The maximum atomic E-state index is 12.3. The number of rotatable bonds is 5. The lowest BCUT2D eigenvalue weighted by molar-refractivity contribution is -0.385. The topological polar surface area (TPSA) is 97.5 Å². The van der Waals surface area contributed by atoms with E-state index in [1.54, 1.807) is 30.3 Å². The molecule has 0 aliphatic rings. The van der Waals surface area contributed by atoms with Gasteiger partial charge in [0.05, 0.1) is 4.92 Å². The molecule has 2 aromatic carbocycles. The van der Waals surface area contributed by atoms with Gasteiger partial charge in [-0.15, -0.1) is 0 Å². The fourth-order valence-corrected chi connectivity index (χ4v) is 1.98. The molecular formula is C15H11NO5. The van der Waals surface area contributed by atoms with E-state index in [0.717, 1.165) is 6.07 Å². The summed E-state index contributed by atoms with van der Waals surface area (Å²) in [7, 11) is 0. The molecule has 2 aromatic rings. The van der Waals surface area contributed by atoms with E-state index < -0.39 is 22.5 Å². The molecule has 0 aliphatic heterocycles. The van der Waals surface area contributed by atoms with Crippen molar-refractivity contribution in [3.05, 3.63) is 75.3 Å². The molecule has 106 valence electrons. The van der Waals surface area contributed by atoms with E-state index in [0.29, 0.717) is 5.56 Å². The minimum atomic E-state index is -1.48. The maximum absolute atomic E-state index is 12.3. The van der Waals surface area contributed by atoms with Crippen molar-refractivity contribution >= 4 is 17.8 Å². The SMILES string of the molecule is O=Cc1c(C(=O)C(O)c2ccccc2)cccc1[N+](=O)[O-]. The number of aldehydes is 1. The maximum Gasteiger partial charge on any atom is 0.280 e. The fourth-order valence-electron chi connectivity index (χ4n) is 1.98.